The van der Waals surface area contributed by atoms with E-state index in [0.29, 0.717) is 19.4 Å². The van der Waals surface area contributed by atoms with Crippen molar-refractivity contribution in [3.8, 4) is 6.07 Å². The van der Waals surface area contributed by atoms with E-state index in [2.05, 4.69) is 16.1 Å². The summed E-state index contributed by atoms with van der Waals surface area (Å²) in [7, 11) is -3.76. The number of benzene rings is 1. The van der Waals surface area contributed by atoms with E-state index in [1.807, 2.05) is 0 Å². The van der Waals surface area contributed by atoms with Crippen molar-refractivity contribution < 1.29 is 17.6 Å². The van der Waals surface area contributed by atoms with E-state index in [1.165, 1.54) is 12.1 Å². The van der Waals surface area contributed by atoms with Crippen molar-refractivity contribution in [2.45, 2.75) is 73.4 Å². The van der Waals surface area contributed by atoms with Crippen LogP contribution in [0.5, 0.6) is 0 Å². The predicted octanol–water partition coefficient (Wildman–Crippen LogP) is 2.05. The third kappa shape index (κ3) is 4.09. The highest BCUT2D eigenvalue weighted by Gasteiger charge is 2.52. The van der Waals surface area contributed by atoms with E-state index in [4.69, 9.17) is 0 Å². The Bertz CT molecular complexity index is 961. The molecule has 2 aliphatic carbocycles. The van der Waals surface area contributed by atoms with Gasteiger partial charge in [-0.15, -0.1) is 0 Å². The number of halogens is 1. The second kappa shape index (κ2) is 7.91. The Labute approximate surface area is 176 Å². The lowest BCUT2D eigenvalue weighted by Gasteiger charge is -2.40. The number of nitrogens with one attached hydrogen (secondary N) is 2. The zero-order valence-corrected chi connectivity index (χ0v) is 17.7. The minimum absolute atomic E-state index is 0.0565. The molecule has 2 bridgehead atoms. The summed E-state index contributed by atoms with van der Waals surface area (Å²) in [5.41, 5.74) is -0.828. The van der Waals surface area contributed by atoms with Crippen LogP contribution >= 0.6 is 0 Å². The van der Waals surface area contributed by atoms with Gasteiger partial charge in [-0.05, 0) is 75.6 Å². The van der Waals surface area contributed by atoms with Gasteiger partial charge in [-0.25, -0.2) is 17.5 Å². The summed E-state index contributed by atoms with van der Waals surface area (Å²) in [6.45, 7) is 0.784. The van der Waals surface area contributed by atoms with E-state index >= 15 is 0 Å². The Morgan fingerprint density at radius 2 is 1.87 bits per heavy atom. The number of carbonyl (C=O) groups is 1. The monoisotopic (exact) mass is 434 g/mol. The highest BCUT2D eigenvalue weighted by Crippen LogP contribution is 2.48. The van der Waals surface area contributed by atoms with Gasteiger partial charge in [0, 0.05) is 17.6 Å². The number of rotatable bonds is 6. The first-order chi connectivity index (χ1) is 14.3. The molecule has 2 N–H and O–H groups in total. The molecule has 7 nitrogen and oxygen atoms in total. The maximum Gasteiger partial charge on any atom is 0.241 e. The van der Waals surface area contributed by atoms with Crippen molar-refractivity contribution in [1.29, 1.82) is 5.26 Å². The number of carbonyl (C=O) groups excluding carboxylic acids is 1. The molecule has 0 spiro atoms. The van der Waals surface area contributed by atoms with E-state index in [1.54, 1.807) is 4.90 Å². The lowest BCUT2D eigenvalue weighted by molar-refractivity contribution is -0.130. The maximum atomic E-state index is 13.2. The van der Waals surface area contributed by atoms with Crippen molar-refractivity contribution in [3.05, 3.63) is 30.1 Å². The number of hydrogen-bond acceptors (Lipinski definition) is 5. The number of likely N-dealkylation sites (tertiary alicyclic amines) is 1. The van der Waals surface area contributed by atoms with Gasteiger partial charge in [0.25, 0.3) is 0 Å². The Balaban J connectivity index is 1.42. The van der Waals surface area contributed by atoms with Crippen molar-refractivity contribution >= 4 is 15.9 Å². The topological polar surface area (TPSA) is 102 Å². The largest absolute Gasteiger partial charge is 0.326 e. The number of nitriles is 1. The first kappa shape index (κ1) is 21.2. The molecule has 1 heterocycles. The van der Waals surface area contributed by atoms with Crippen LogP contribution in [0.25, 0.3) is 0 Å². The quantitative estimate of drug-likeness (QED) is 0.714. The van der Waals surface area contributed by atoms with Gasteiger partial charge in [-0.1, -0.05) is 0 Å². The number of nitrogens with zero attached hydrogens (tertiary/aromatic N) is 2. The van der Waals surface area contributed by atoms with Crippen LogP contribution in [0.15, 0.2) is 29.2 Å². The van der Waals surface area contributed by atoms with Crippen molar-refractivity contribution in [2.24, 2.45) is 0 Å². The molecule has 0 radical (unpaired) electrons. The second-order valence-corrected chi connectivity index (χ2v) is 10.6. The number of amides is 1. The second-order valence-electron chi connectivity index (χ2n) is 8.88. The van der Waals surface area contributed by atoms with Gasteiger partial charge in [-0.3, -0.25) is 4.79 Å². The zero-order valence-electron chi connectivity index (χ0n) is 16.9. The van der Waals surface area contributed by atoms with Gasteiger partial charge < -0.3 is 10.2 Å². The van der Waals surface area contributed by atoms with Crippen molar-refractivity contribution in [2.75, 3.05) is 13.1 Å². The summed E-state index contributed by atoms with van der Waals surface area (Å²) < 4.78 is 41.8. The lowest BCUT2D eigenvalue weighted by atomic mass is 9.79. The third-order valence-corrected chi connectivity index (χ3v) is 8.48. The Morgan fingerprint density at radius 3 is 2.60 bits per heavy atom. The number of fused-ring (bicyclic) bond motifs is 2. The Hall–Kier alpha value is -2.02. The van der Waals surface area contributed by atoms with E-state index in [-0.39, 0.29) is 28.9 Å². The smallest absolute Gasteiger partial charge is 0.241 e. The fraction of sp³-hybridized carbons (Fsp3) is 0.619. The molecule has 3 fully saturated rings. The molecule has 0 aromatic heterocycles. The van der Waals surface area contributed by atoms with Gasteiger partial charge in [0.2, 0.25) is 15.9 Å². The molecular formula is C21H27FN4O3S. The van der Waals surface area contributed by atoms with Gasteiger partial charge >= 0.3 is 0 Å². The Kier molecular flexibility index (Phi) is 5.60. The van der Waals surface area contributed by atoms with Crippen molar-refractivity contribution in [3.63, 3.8) is 0 Å². The first-order valence-corrected chi connectivity index (χ1v) is 12.0. The first-order valence-electron chi connectivity index (χ1n) is 10.5. The summed E-state index contributed by atoms with van der Waals surface area (Å²) in [5, 5.41) is 12.6. The minimum Gasteiger partial charge on any atom is -0.326 e. The summed E-state index contributed by atoms with van der Waals surface area (Å²) >= 11 is 0. The average molecular weight is 435 g/mol. The summed E-state index contributed by atoms with van der Waals surface area (Å²) in [6, 6.07) is 6.69. The molecular weight excluding hydrogens is 407 g/mol. The van der Waals surface area contributed by atoms with Crippen molar-refractivity contribution in [1.82, 2.24) is 14.9 Å². The Morgan fingerprint density at radius 1 is 1.17 bits per heavy atom. The molecule has 1 saturated heterocycles. The zero-order chi connectivity index (χ0) is 21.4. The van der Waals surface area contributed by atoms with Crippen LogP contribution in [-0.2, 0) is 14.8 Å². The molecule has 1 aromatic rings. The highest BCUT2D eigenvalue weighted by molar-refractivity contribution is 7.89. The molecule has 1 aromatic carbocycles. The fourth-order valence-corrected chi connectivity index (χ4v) is 6.85. The van der Waals surface area contributed by atoms with E-state index < -0.39 is 21.4 Å². The molecule has 162 valence electrons. The fourth-order valence-electron chi connectivity index (χ4n) is 5.39. The number of hydrogen-bond donors (Lipinski definition) is 2. The minimum atomic E-state index is -3.76. The van der Waals surface area contributed by atoms with Gasteiger partial charge in [0.05, 0.1) is 17.5 Å². The predicted molar refractivity (Wildman–Crippen MR) is 108 cm³/mol. The molecule has 30 heavy (non-hydrogen) atoms. The van der Waals surface area contributed by atoms with Crippen LogP contribution in [0.3, 0.4) is 0 Å². The van der Waals surface area contributed by atoms with E-state index in [0.717, 1.165) is 50.7 Å². The molecule has 3 atom stereocenters. The summed E-state index contributed by atoms with van der Waals surface area (Å²) in [5.74, 6) is -0.543. The van der Waals surface area contributed by atoms with Gasteiger partial charge in [0.1, 0.15) is 11.9 Å². The van der Waals surface area contributed by atoms with Crippen LogP contribution in [-0.4, -0.2) is 49.4 Å². The average Bonchev–Trinajstić information content (AvgIpc) is 3.29. The van der Waals surface area contributed by atoms with Gasteiger partial charge in [-0.2, -0.15) is 5.26 Å². The third-order valence-electron chi connectivity index (χ3n) is 6.88. The summed E-state index contributed by atoms with van der Waals surface area (Å²) in [6.07, 6.45) is 6.17. The van der Waals surface area contributed by atoms with Gasteiger partial charge in [0.15, 0.2) is 0 Å². The van der Waals surface area contributed by atoms with Crippen LogP contribution < -0.4 is 10.0 Å². The summed E-state index contributed by atoms with van der Waals surface area (Å²) in [4.78, 5) is 14.3. The molecule has 2 unspecified atom stereocenters. The molecule has 1 aliphatic heterocycles. The van der Waals surface area contributed by atoms with Crippen LogP contribution in [0, 0.1) is 17.1 Å². The molecule has 3 aliphatic rings. The number of sulfonamides is 1. The standard InChI is InChI=1S/C21H27FN4O3S/c22-16-4-6-18(7-5-16)30(28,29)25-21-9-2-8-20(15-21,10-11-21)24-14-19(27)26-12-1-3-17(26)13-23/h4-7,17,24-25H,1-3,8-12,14-15H2/t17-,20?,21?/m1/s1. The molecule has 9 heteroatoms. The van der Waals surface area contributed by atoms with Crippen LogP contribution in [0.4, 0.5) is 4.39 Å². The van der Waals surface area contributed by atoms with E-state index in [9.17, 15) is 22.9 Å². The SMILES string of the molecule is N#C[C@H]1CCCN1C(=O)CNC12CCCC(NS(=O)(=O)c3ccc(F)cc3)(CC1)C2. The molecule has 4 rings (SSSR count). The maximum absolute atomic E-state index is 13.2. The van der Waals surface area contributed by atoms with Crippen LogP contribution in [0.1, 0.15) is 51.4 Å². The lowest BCUT2D eigenvalue weighted by Crippen LogP contribution is -2.55. The molecule has 2 saturated carbocycles. The highest BCUT2D eigenvalue weighted by atomic mass is 32.2. The van der Waals surface area contributed by atoms with Crippen LogP contribution in [0.2, 0.25) is 0 Å². The normalized spacial score (nSPS) is 30.9. The molecule has 1 amide bonds.